The first-order chi connectivity index (χ1) is 11.6. The van der Waals surface area contributed by atoms with Crippen LogP contribution in [0.25, 0.3) is 10.4 Å². The number of nitrogens with zero attached hydrogens (tertiary/aromatic N) is 1. The minimum absolute atomic E-state index is 0.197. The topological polar surface area (TPSA) is 24.9 Å². The van der Waals surface area contributed by atoms with E-state index in [1.165, 1.54) is 6.07 Å². The second kappa shape index (κ2) is 8.08. The Morgan fingerprint density at radius 2 is 2.00 bits per heavy atom. The summed E-state index contributed by atoms with van der Waals surface area (Å²) < 4.78 is 13.1. The average molecular weight is 381 g/mol. The Kier molecular flexibility index (Phi) is 5.85. The Bertz CT molecular complexity index is 835. The van der Waals surface area contributed by atoms with E-state index in [-0.39, 0.29) is 5.82 Å². The third kappa shape index (κ3) is 4.54. The third-order valence-corrected chi connectivity index (χ3v) is 5.08. The van der Waals surface area contributed by atoms with Crippen molar-refractivity contribution >= 4 is 34.5 Å². The summed E-state index contributed by atoms with van der Waals surface area (Å²) in [6.07, 6.45) is 2.60. The van der Waals surface area contributed by atoms with Crippen LogP contribution in [0.4, 0.5) is 4.39 Å². The fourth-order valence-electron chi connectivity index (χ4n) is 2.33. The van der Waals surface area contributed by atoms with E-state index >= 15 is 0 Å². The van der Waals surface area contributed by atoms with Crippen LogP contribution < -0.4 is 5.32 Å². The van der Waals surface area contributed by atoms with Crippen LogP contribution in [0.3, 0.4) is 0 Å². The molecule has 6 heteroatoms. The number of halogens is 3. The molecule has 0 fully saturated rings. The highest BCUT2D eigenvalue weighted by Gasteiger charge is 2.08. The molecule has 0 aliphatic carbocycles. The van der Waals surface area contributed by atoms with Crippen LogP contribution in [-0.2, 0) is 13.0 Å². The second-order valence-corrected chi connectivity index (χ2v) is 7.26. The van der Waals surface area contributed by atoms with Crippen LogP contribution in [0.15, 0.2) is 48.7 Å². The van der Waals surface area contributed by atoms with Crippen molar-refractivity contribution in [2.75, 3.05) is 6.54 Å². The summed E-state index contributed by atoms with van der Waals surface area (Å²) in [4.78, 5) is 5.43. The van der Waals surface area contributed by atoms with Crippen molar-refractivity contribution in [3.05, 3.63) is 75.1 Å². The van der Waals surface area contributed by atoms with Crippen molar-refractivity contribution < 1.29 is 4.39 Å². The average Bonchev–Trinajstić information content (AvgIpc) is 3.00. The Morgan fingerprint density at radius 1 is 1.12 bits per heavy atom. The van der Waals surface area contributed by atoms with Gasteiger partial charge in [0.25, 0.3) is 0 Å². The summed E-state index contributed by atoms with van der Waals surface area (Å²) in [6, 6.07) is 12.1. The Morgan fingerprint density at radius 3 is 2.79 bits per heavy atom. The molecule has 1 N–H and O–H groups in total. The number of hydrogen-bond donors (Lipinski definition) is 1. The molecule has 0 spiro atoms. The lowest BCUT2D eigenvalue weighted by atomic mass is 10.1. The Labute approximate surface area is 154 Å². The number of thiazole rings is 1. The predicted molar refractivity (Wildman–Crippen MR) is 99.4 cm³/mol. The molecule has 0 saturated carbocycles. The summed E-state index contributed by atoms with van der Waals surface area (Å²) in [5.74, 6) is -0.197. The van der Waals surface area contributed by atoms with Crippen molar-refractivity contribution in [2.24, 2.45) is 0 Å². The van der Waals surface area contributed by atoms with Gasteiger partial charge in [0.2, 0.25) is 0 Å². The molecule has 0 radical (unpaired) electrons. The minimum Gasteiger partial charge on any atom is -0.310 e. The smallest absolute Gasteiger partial charge is 0.123 e. The molecule has 3 rings (SSSR count). The standard InChI is InChI=1S/C18H15Cl2FN2S/c19-13-4-5-15(16(20)9-13)17-10-23-18(24-17)11-22-7-6-12-2-1-3-14(21)8-12/h1-5,8-10,22H,6-7,11H2. The summed E-state index contributed by atoms with van der Waals surface area (Å²) in [6.45, 7) is 1.44. The molecule has 0 aliphatic heterocycles. The fraction of sp³-hybridized carbons (Fsp3) is 0.167. The van der Waals surface area contributed by atoms with Gasteiger partial charge in [-0.2, -0.15) is 0 Å². The maximum Gasteiger partial charge on any atom is 0.123 e. The number of hydrogen-bond acceptors (Lipinski definition) is 3. The van der Waals surface area contributed by atoms with Gasteiger partial charge < -0.3 is 5.32 Å². The molecule has 0 bridgehead atoms. The van der Waals surface area contributed by atoms with Gasteiger partial charge >= 0.3 is 0 Å². The van der Waals surface area contributed by atoms with Crippen molar-refractivity contribution in [2.45, 2.75) is 13.0 Å². The first kappa shape index (κ1) is 17.4. The second-order valence-electron chi connectivity index (χ2n) is 5.30. The molecule has 0 atom stereocenters. The minimum atomic E-state index is -0.197. The van der Waals surface area contributed by atoms with Crippen LogP contribution in [0.2, 0.25) is 10.0 Å². The normalized spacial score (nSPS) is 11.0. The van der Waals surface area contributed by atoms with E-state index < -0.39 is 0 Å². The van der Waals surface area contributed by atoms with Crippen LogP contribution in [-0.4, -0.2) is 11.5 Å². The SMILES string of the molecule is Fc1cccc(CCNCc2ncc(-c3ccc(Cl)cc3Cl)s2)c1. The summed E-state index contributed by atoms with van der Waals surface area (Å²) in [5.41, 5.74) is 1.92. The Balaban J connectivity index is 1.54. The van der Waals surface area contributed by atoms with Gasteiger partial charge in [-0.05, 0) is 42.8 Å². The molecule has 2 aromatic carbocycles. The van der Waals surface area contributed by atoms with Crippen LogP contribution in [0.5, 0.6) is 0 Å². The summed E-state index contributed by atoms with van der Waals surface area (Å²) >= 11 is 13.7. The van der Waals surface area contributed by atoms with E-state index in [1.54, 1.807) is 29.5 Å². The molecular weight excluding hydrogens is 366 g/mol. The van der Waals surface area contributed by atoms with E-state index in [1.807, 2.05) is 24.4 Å². The molecule has 24 heavy (non-hydrogen) atoms. The van der Waals surface area contributed by atoms with Crippen molar-refractivity contribution in [3.8, 4) is 10.4 Å². The third-order valence-electron chi connectivity index (χ3n) is 3.51. The lowest BCUT2D eigenvalue weighted by molar-refractivity contribution is 0.622. The van der Waals surface area contributed by atoms with Crippen LogP contribution >= 0.6 is 34.5 Å². The molecule has 0 amide bonds. The molecule has 1 heterocycles. The quantitative estimate of drug-likeness (QED) is 0.563. The zero-order chi connectivity index (χ0) is 16.9. The summed E-state index contributed by atoms with van der Waals surface area (Å²) in [7, 11) is 0. The zero-order valence-corrected chi connectivity index (χ0v) is 15.1. The summed E-state index contributed by atoms with van der Waals surface area (Å²) in [5, 5.41) is 5.55. The van der Waals surface area contributed by atoms with E-state index in [0.717, 1.165) is 34.0 Å². The zero-order valence-electron chi connectivity index (χ0n) is 12.7. The number of aromatic nitrogens is 1. The first-order valence-corrected chi connectivity index (χ1v) is 9.04. The molecular formula is C18H15Cl2FN2S. The van der Waals surface area contributed by atoms with Crippen LogP contribution in [0, 0.1) is 5.82 Å². The lowest BCUT2D eigenvalue weighted by Gasteiger charge is -2.03. The number of benzene rings is 2. The van der Waals surface area contributed by atoms with E-state index in [0.29, 0.717) is 16.6 Å². The predicted octanol–water partition coefficient (Wildman–Crippen LogP) is 5.59. The van der Waals surface area contributed by atoms with Gasteiger partial charge in [0.05, 0.1) is 9.90 Å². The molecule has 0 aliphatic rings. The van der Waals surface area contributed by atoms with Gasteiger partial charge in [0.1, 0.15) is 10.8 Å². The van der Waals surface area contributed by atoms with Gasteiger partial charge in [-0.1, -0.05) is 41.4 Å². The fourth-order valence-corrected chi connectivity index (χ4v) is 3.82. The van der Waals surface area contributed by atoms with E-state index in [9.17, 15) is 4.39 Å². The maximum atomic E-state index is 13.1. The molecule has 2 nitrogen and oxygen atoms in total. The molecule has 3 aromatic rings. The first-order valence-electron chi connectivity index (χ1n) is 7.47. The highest BCUT2D eigenvalue weighted by Crippen LogP contribution is 2.33. The van der Waals surface area contributed by atoms with Crippen LogP contribution in [0.1, 0.15) is 10.6 Å². The monoisotopic (exact) mass is 380 g/mol. The van der Waals surface area contributed by atoms with Crippen molar-refractivity contribution in [1.82, 2.24) is 10.3 Å². The number of rotatable bonds is 6. The van der Waals surface area contributed by atoms with Gasteiger partial charge in [0.15, 0.2) is 0 Å². The van der Waals surface area contributed by atoms with E-state index in [4.69, 9.17) is 23.2 Å². The number of nitrogens with one attached hydrogen (secondary N) is 1. The van der Waals surface area contributed by atoms with E-state index in [2.05, 4.69) is 10.3 Å². The molecule has 0 unspecified atom stereocenters. The van der Waals surface area contributed by atoms with Crippen molar-refractivity contribution in [1.29, 1.82) is 0 Å². The largest absolute Gasteiger partial charge is 0.310 e. The maximum absolute atomic E-state index is 13.1. The van der Waals surface area contributed by atoms with Crippen molar-refractivity contribution in [3.63, 3.8) is 0 Å². The molecule has 124 valence electrons. The molecule has 1 aromatic heterocycles. The van der Waals surface area contributed by atoms with Gasteiger partial charge in [-0.15, -0.1) is 11.3 Å². The lowest BCUT2D eigenvalue weighted by Crippen LogP contribution is -2.16. The van der Waals surface area contributed by atoms with Gasteiger partial charge in [-0.25, -0.2) is 9.37 Å². The van der Waals surface area contributed by atoms with Gasteiger partial charge in [0, 0.05) is 23.3 Å². The highest BCUT2D eigenvalue weighted by molar-refractivity contribution is 7.15. The molecule has 0 saturated heterocycles. The Hall–Kier alpha value is -1.46. The highest BCUT2D eigenvalue weighted by atomic mass is 35.5. The van der Waals surface area contributed by atoms with Gasteiger partial charge in [-0.3, -0.25) is 0 Å².